The monoisotopic (exact) mass is 204 g/mol. The molecule has 0 aliphatic carbocycles. The zero-order valence-corrected chi connectivity index (χ0v) is 9.41. The van der Waals surface area contributed by atoms with Crippen molar-refractivity contribution in [2.45, 2.75) is 20.8 Å². The molecule has 0 saturated carbocycles. The van der Waals surface area contributed by atoms with Crippen LogP contribution in [0.2, 0.25) is 0 Å². The Morgan fingerprint density at radius 2 is 1.87 bits per heavy atom. The summed E-state index contributed by atoms with van der Waals surface area (Å²) in [6.45, 7) is 6.16. The van der Waals surface area contributed by atoms with Crippen LogP contribution in [0.15, 0.2) is 24.3 Å². The zero-order chi connectivity index (χ0) is 11.7. The first-order chi connectivity index (χ1) is 7.27. The molecule has 0 atom stereocenters. The lowest BCUT2D eigenvalue weighted by Gasteiger charge is -2.00. The van der Waals surface area contributed by atoms with E-state index in [1.54, 1.807) is 31.2 Å². The molecular formula is C13H16O2. The summed E-state index contributed by atoms with van der Waals surface area (Å²) in [4.78, 5) is 11.2. The fourth-order valence-corrected chi connectivity index (χ4v) is 0.917. The summed E-state index contributed by atoms with van der Waals surface area (Å²) in [5.41, 5.74) is 1.29. The van der Waals surface area contributed by atoms with Gasteiger partial charge in [0.1, 0.15) is 0 Å². The Bertz CT molecular complexity index is 331. The number of benzene rings is 1. The smallest absolute Gasteiger partial charge is 0.338 e. The number of esters is 1. The molecule has 80 valence electrons. The molecule has 0 heterocycles. The quantitative estimate of drug-likeness (QED) is 0.547. The Kier molecular flexibility index (Phi) is 6.74. The molecule has 0 fully saturated rings. The Balaban J connectivity index is 0.000000921. The van der Waals surface area contributed by atoms with Gasteiger partial charge >= 0.3 is 5.97 Å². The molecule has 0 aromatic heterocycles. The third kappa shape index (κ3) is 4.33. The van der Waals surface area contributed by atoms with Gasteiger partial charge in [-0.3, -0.25) is 0 Å². The Morgan fingerprint density at radius 1 is 1.33 bits per heavy atom. The Labute approximate surface area is 91.3 Å². The topological polar surface area (TPSA) is 26.3 Å². The highest BCUT2D eigenvalue weighted by atomic mass is 16.5. The van der Waals surface area contributed by atoms with E-state index in [0.717, 1.165) is 5.56 Å². The minimum absolute atomic E-state index is 0.314. The van der Waals surface area contributed by atoms with E-state index >= 15 is 0 Å². The summed E-state index contributed by atoms with van der Waals surface area (Å²) < 4.78 is 4.81. The lowest BCUT2D eigenvalue weighted by Crippen LogP contribution is -2.03. The largest absolute Gasteiger partial charge is 0.462 e. The number of carbonyl (C=O) groups excluding carboxylic acids is 1. The number of rotatable bonds is 2. The molecule has 2 heteroatoms. The van der Waals surface area contributed by atoms with Gasteiger partial charge in [-0.05, 0) is 31.2 Å². The molecule has 2 nitrogen and oxygen atoms in total. The van der Waals surface area contributed by atoms with E-state index in [9.17, 15) is 4.79 Å². The average Bonchev–Trinajstić information content (AvgIpc) is 2.32. The molecule has 0 bridgehead atoms. The van der Waals surface area contributed by atoms with Crippen molar-refractivity contribution in [3.05, 3.63) is 35.4 Å². The lowest BCUT2D eigenvalue weighted by molar-refractivity contribution is 0.0526. The van der Waals surface area contributed by atoms with E-state index in [4.69, 9.17) is 11.2 Å². The maximum Gasteiger partial charge on any atom is 0.338 e. The average molecular weight is 204 g/mol. The van der Waals surface area contributed by atoms with Gasteiger partial charge in [-0.2, -0.15) is 0 Å². The van der Waals surface area contributed by atoms with Crippen LogP contribution in [-0.2, 0) is 4.74 Å². The molecule has 0 aliphatic rings. The fourth-order valence-electron chi connectivity index (χ4n) is 0.917. The highest BCUT2D eigenvalue weighted by molar-refractivity contribution is 5.89. The predicted octanol–water partition coefficient (Wildman–Crippen LogP) is 2.87. The van der Waals surface area contributed by atoms with Crippen molar-refractivity contribution in [3.8, 4) is 12.3 Å². The van der Waals surface area contributed by atoms with E-state index in [1.165, 1.54) is 0 Å². The molecule has 0 unspecified atom stereocenters. The van der Waals surface area contributed by atoms with Crippen molar-refractivity contribution < 1.29 is 9.53 Å². The van der Waals surface area contributed by atoms with Crippen LogP contribution >= 0.6 is 0 Å². The summed E-state index contributed by atoms with van der Waals surface area (Å²) in [5.74, 6) is 2.16. The van der Waals surface area contributed by atoms with Crippen LogP contribution in [0.3, 0.4) is 0 Å². The highest BCUT2D eigenvalue weighted by Gasteiger charge is 2.04. The molecule has 0 aliphatic heterocycles. The van der Waals surface area contributed by atoms with Crippen LogP contribution in [0.5, 0.6) is 0 Å². The van der Waals surface area contributed by atoms with Gasteiger partial charge in [0.05, 0.1) is 12.2 Å². The number of ether oxygens (including phenoxy) is 1. The summed E-state index contributed by atoms with van der Waals surface area (Å²) in [6.07, 6.45) is 5.17. The molecular weight excluding hydrogens is 188 g/mol. The van der Waals surface area contributed by atoms with Crippen LogP contribution in [0.4, 0.5) is 0 Å². The van der Waals surface area contributed by atoms with E-state index in [0.29, 0.717) is 12.2 Å². The third-order valence-corrected chi connectivity index (χ3v) is 1.56. The minimum atomic E-state index is -0.314. The van der Waals surface area contributed by atoms with Crippen molar-refractivity contribution in [1.82, 2.24) is 0 Å². The van der Waals surface area contributed by atoms with Crippen molar-refractivity contribution >= 4 is 5.97 Å². The summed E-state index contributed by atoms with van der Waals surface area (Å²) in [6, 6.07) is 6.75. The molecule has 1 rings (SSSR count). The predicted molar refractivity (Wildman–Crippen MR) is 61.7 cm³/mol. The highest BCUT2D eigenvalue weighted by Crippen LogP contribution is 2.04. The molecule has 1 aromatic rings. The second-order valence-corrected chi connectivity index (χ2v) is 2.44. The molecule has 0 N–H and O–H groups in total. The van der Waals surface area contributed by atoms with Crippen LogP contribution in [0.25, 0.3) is 0 Å². The molecule has 0 spiro atoms. The van der Waals surface area contributed by atoms with Gasteiger partial charge in [0.15, 0.2) is 0 Å². The maximum absolute atomic E-state index is 11.2. The van der Waals surface area contributed by atoms with Crippen molar-refractivity contribution in [3.63, 3.8) is 0 Å². The molecule has 1 aromatic carbocycles. The van der Waals surface area contributed by atoms with Crippen molar-refractivity contribution in [2.24, 2.45) is 0 Å². The van der Waals surface area contributed by atoms with Gasteiger partial charge in [-0.25, -0.2) is 4.79 Å². The molecule has 0 radical (unpaired) electrons. The third-order valence-electron chi connectivity index (χ3n) is 1.56. The Hall–Kier alpha value is -1.75. The van der Waals surface area contributed by atoms with E-state index in [2.05, 4.69) is 5.92 Å². The van der Waals surface area contributed by atoms with Gasteiger partial charge in [0.25, 0.3) is 0 Å². The Morgan fingerprint density at radius 3 is 2.27 bits per heavy atom. The number of terminal acetylenes is 1. The normalized spacial score (nSPS) is 8.13. The molecule has 15 heavy (non-hydrogen) atoms. The van der Waals surface area contributed by atoms with Crippen LogP contribution < -0.4 is 0 Å². The van der Waals surface area contributed by atoms with Crippen LogP contribution in [-0.4, -0.2) is 12.6 Å². The standard InChI is InChI=1S/C11H10O2.C2H6/c1-3-9-5-7-10(8-6-9)11(12)13-4-2;1-2/h1,5-8H,4H2,2H3;1-2H3. The van der Waals surface area contributed by atoms with Gasteiger partial charge in [0, 0.05) is 5.56 Å². The second-order valence-electron chi connectivity index (χ2n) is 2.44. The van der Waals surface area contributed by atoms with Gasteiger partial charge in [-0.1, -0.05) is 19.8 Å². The van der Waals surface area contributed by atoms with Crippen molar-refractivity contribution in [2.75, 3.05) is 6.61 Å². The molecule has 0 amide bonds. The minimum Gasteiger partial charge on any atom is -0.462 e. The summed E-state index contributed by atoms with van der Waals surface area (Å²) >= 11 is 0. The first-order valence-electron chi connectivity index (χ1n) is 5.01. The number of hydrogen-bond donors (Lipinski definition) is 0. The molecule has 0 saturated heterocycles. The van der Waals surface area contributed by atoms with E-state index in [1.807, 2.05) is 13.8 Å². The van der Waals surface area contributed by atoms with Crippen LogP contribution in [0, 0.1) is 12.3 Å². The van der Waals surface area contributed by atoms with E-state index in [-0.39, 0.29) is 5.97 Å². The van der Waals surface area contributed by atoms with Crippen molar-refractivity contribution in [1.29, 1.82) is 0 Å². The SMILES string of the molecule is C#Cc1ccc(C(=O)OCC)cc1.CC. The summed E-state index contributed by atoms with van der Waals surface area (Å²) in [5, 5.41) is 0. The van der Waals surface area contributed by atoms with Gasteiger partial charge < -0.3 is 4.74 Å². The summed E-state index contributed by atoms with van der Waals surface area (Å²) in [7, 11) is 0. The number of carbonyl (C=O) groups is 1. The first kappa shape index (κ1) is 13.2. The van der Waals surface area contributed by atoms with E-state index < -0.39 is 0 Å². The fraction of sp³-hybridized carbons (Fsp3) is 0.308. The first-order valence-corrected chi connectivity index (χ1v) is 5.01. The van der Waals surface area contributed by atoms with Crippen LogP contribution in [0.1, 0.15) is 36.7 Å². The second kappa shape index (κ2) is 7.64. The van der Waals surface area contributed by atoms with Gasteiger partial charge in [0.2, 0.25) is 0 Å². The maximum atomic E-state index is 11.2. The number of hydrogen-bond acceptors (Lipinski definition) is 2. The zero-order valence-electron chi connectivity index (χ0n) is 9.41. The van der Waals surface area contributed by atoms with Gasteiger partial charge in [-0.15, -0.1) is 6.42 Å². The lowest BCUT2D eigenvalue weighted by atomic mass is 10.1.